The molecule has 1 aromatic rings. The lowest BCUT2D eigenvalue weighted by Crippen LogP contribution is -2.60. The van der Waals surface area contributed by atoms with Crippen LogP contribution in [0.3, 0.4) is 0 Å². The molecule has 4 atom stereocenters. The second-order valence-electron chi connectivity index (χ2n) is 7.44. The Hall–Kier alpha value is -1.43. The number of ether oxygens (including phenoxy) is 2. The van der Waals surface area contributed by atoms with Crippen molar-refractivity contribution in [2.45, 2.75) is 36.8 Å². The van der Waals surface area contributed by atoms with E-state index in [4.69, 9.17) is 21.1 Å². The number of likely N-dealkylation sites (tertiary alicyclic amines) is 1. The van der Waals surface area contributed by atoms with E-state index in [-0.39, 0.29) is 23.1 Å². The Kier molecular flexibility index (Phi) is 3.94. The van der Waals surface area contributed by atoms with Crippen LogP contribution in [-0.4, -0.2) is 55.1 Å². The van der Waals surface area contributed by atoms with Crippen LogP contribution in [0.4, 0.5) is 0 Å². The van der Waals surface area contributed by atoms with Crippen LogP contribution in [0.1, 0.15) is 24.0 Å². The smallest absolute Gasteiger partial charge is 0.162 e. The van der Waals surface area contributed by atoms with Crippen molar-refractivity contribution < 1.29 is 19.7 Å². The van der Waals surface area contributed by atoms with Crippen LogP contribution < -0.4 is 4.74 Å². The van der Waals surface area contributed by atoms with Gasteiger partial charge in [-0.1, -0.05) is 11.6 Å². The topological polar surface area (TPSA) is 62.2 Å². The number of aliphatic hydroxyl groups excluding tert-OH is 1. The Morgan fingerprint density at radius 1 is 1.32 bits per heavy atom. The van der Waals surface area contributed by atoms with Gasteiger partial charge in [0.1, 0.15) is 11.9 Å². The molecule has 1 fully saturated rings. The summed E-state index contributed by atoms with van der Waals surface area (Å²) in [7, 11) is 5.26. The number of nitrogens with zero attached hydrogens (tertiary/aromatic N) is 1. The maximum atomic E-state index is 10.9. The number of benzene rings is 1. The van der Waals surface area contributed by atoms with E-state index in [1.165, 1.54) is 7.11 Å². The van der Waals surface area contributed by atoms with Crippen LogP contribution in [0.15, 0.2) is 17.9 Å². The number of phenols is 1. The second kappa shape index (κ2) is 5.79. The van der Waals surface area contributed by atoms with Gasteiger partial charge in [0.05, 0.1) is 14.2 Å². The summed E-state index contributed by atoms with van der Waals surface area (Å²) in [5, 5.41) is 22.2. The van der Waals surface area contributed by atoms with E-state index in [0.717, 1.165) is 30.5 Å². The minimum atomic E-state index is -0.680. The lowest BCUT2D eigenvalue weighted by molar-refractivity contribution is -0.00379. The molecule has 1 unspecified atom stereocenters. The van der Waals surface area contributed by atoms with Crippen molar-refractivity contribution in [3.63, 3.8) is 0 Å². The number of likely N-dealkylation sites (N-methyl/N-ethyl adjacent to an activating group) is 1. The van der Waals surface area contributed by atoms with Crippen molar-refractivity contribution in [2.75, 3.05) is 27.8 Å². The van der Waals surface area contributed by atoms with E-state index in [1.807, 2.05) is 0 Å². The lowest BCUT2D eigenvalue weighted by Gasteiger charge is -2.57. The van der Waals surface area contributed by atoms with E-state index in [2.05, 4.69) is 18.0 Å². The molecule has 2 aliphatic carbocycles. The van der Waals surface area contributed by atoms with E-state index in [9.17, 15) is 10.2 Å². The van der Waals surface area contributed by atoms with Crippen LogP contribution in [0, 0.1) is 5.92 Å². The van der Waals surface area contributed by atoms with Crippen molar-refractivity contribution in [1.29, 1.82) is 0 Å². The van der Waals surface area contributed by atoms with Gasteiger partial charge in [0.15, 0.2) is 11.5 Å². The number of fused-ring (bicyclic) bond motifs is 1. The standard InChI is InChI=1S/C19H24ClNO4/c1-21-5-4-19-9-14(22)15(24-2)7-11(19)13(21)6-10-12(20)8-16(25-3)18(23)17(10)19/h7-8,11,13-14,22-23H,4-6,9H2,1-3H3/t11-,13-,14?,19+/m0/s1. The van der Waals surface area contributed by atoms with E-state index in [0.29, 0.717) is 23.0 Å². The minimum Gasteiger partial charge on any atom is -0.504 e. The molecule has 0 saturated carbocycles. The first kappa shape index (κ1) is 17.0. The number of rotatable bonds is 2. The first-order chi connectivity index (χ1) is 11.9. The number of piperidine rings is 1. The molecule has 1 aliphatic heterocycles. The van der Waals surface area contributed by atoms with Gasteiger partial charge in [-0.2, -0.15) is 0 Å². The van der Waals surface area contributed by atoms with Gasteiger partial charge >= 0.3 is 0 Å². The minimum absolute atomic E-state index is 0.158. The quantitative estimate of drug-likeness (QED) is 0.843. The Morgan fingerprint density at radius 3 is 2.76 bits per heavy atom. The van der Waals surface area contributed by atoms with Gasteiger partial charge < -0.3 is 24.6 Å². The first-order valence-electron chi connectivity index (χ1n) is 8.65. The highest BCUT2D eigenvalue weighted by Gasteiger charge is 2.56. The molecule has 2 bridgehead atoms. The summed E-state index contributed by atoms with van der Waals surface area (Å²) in [6.45, 7) is 0.914. The number of hydrogen-bond acceptors (Lipinski definition) is 5. The average molecular weight is 366 g/mol. The summed E-state index contributed by atoms with van der Waals surface area (Å²) in [6.07, 6.45) is 3.51. The van der Waals surface area contributed by atoms with Gasteiger partial charge in [0, 0.05) is 34.0 Å². The fraction of sp³-hybridized carbons (Fsp3) is 0.579. The summed E-state index contributed by atoms with van der Waals surface area (Å²) in [4.78, 5) is 2.35. The van der Waals surface area contributed by atoms with Crippen LogP contribution in [0.2, 0.25) is 5.02 Å². The van der Waals surface area contributed by atoms with Gasteiger partial charge in [0.2, 0.25) is 0 Å². The number of hydrogen-bond donors (Lipinski definition) is 2. The third-order valence-electron chi connectivity index (χ3n) is 6.44. The Labute approximate surface area is 152 Å². The summed E-state index contributed by atoms with van der Waals surface area (Å²) >= 11 is 6.57. The van der Waals surface area contributed by atoms with Crippen molar-refractivity contribution in [2.24, 2.45) is 5.92 Å². The third kappa shape index (κ3) is 2.22. The number of aliphatic hydroxyl groups is 1. The lowest BCUT2D eigenvalue weighted by atomic mass is 9.53. The number of phenolic OH excluding ortho intramolecular Hbond substituents is 1. The fourth-order valence-electron chi connectivity index (χ4n) is 5.23. The molecule has 0 spiro atoms. The largest absolute Gasteiger partial charge is 0.504 e. The second-order valence-corrected chi connectivity index (χ2v) is 7.85. The zero-order valence-electron chi connectivity index (χ0n) is 14.8. The number of aromatic hydroxyl groups is 1. The van der Waals surface area contributed by atoms with Gasteiger partial charge in [-0.3, -0.25) is 0 Å². The average Bonchev–Trinajstić information content (AvgIpc) is 2.59. The van der Waals surface area contributed by atoms with Crippen molar-refractivity contribution in [1.82, 2.24) is 4.90 Å². The molecule has 1 saturated heterocycles. The Bertz CT molecular complexity index is 749. The van der Waals surface area contributed by atoms with Crippen LogP contribution in [0.5, 0.6) is 11.5 Å². The Balaban J connectivity index is 1.99. The number of methoxy groups -OCH3 is 2. The summed E-state index contributed by atoms with van der Waals surface area (Å²) in [5.74, 6) is 1.34. The van der Waals surface area contributed by atoms with E-state index >= 15 is 0 Å². The van der Waals surface area contributed by atoms with Gasteiger partial charge in [0.25, 0.3) is 0 Å². The molecule has 0 radical (unpaired) electrons. The molecular weight excluding hydrogens is 342 g/mol. The SMILES string of the molecule is COC1=C[C@H]2[C@@H]3Cc4c(Cl)cc(OC)c(O)c4[C@]2(CCN3C)CC1O. The molecule has 3 aliphatic rings. The molecule has 0 aromatic heterocycles. The maximum absolute atomic E-state index is 10.9. The van der Waals surface area contributed by atoms with Crippen LogP contribution in [-0.2, 0) is 16.6 Å². The molecule has 25 heavy (non-hydrogen) atoms. The zero-order chi connectivity index (χ0) is 17.9. The molecular formula is C19H24ClNO4. The molecule has 136 valence electrons. The zero-order valence-corrected chi connectivity index (χ0v) is 15.5. The number of halogens is 1. The fourth-order valence-corrected chi connectivity index (χ4v) is 5.50. The molecule has 1 aromatic carbocycles. The molecule has 2 N–H and O–H groups in total. The predicted octanol–water partition coefficient (Wildman–Crippen LogP) is 2.46. The monoisotopic (exact) mass is 365 g/mol. The van der Waals surface area contributed by atoms with Gasteiger partial charge in [-0.15, -0.1) is 0 Å². The highest BCUT2D eigenvalue weighted by molar-refractivity contribution is 6.31. The molecule has 1 heterocycles. The summed E-state index contributed by atoms with van der Waals surface area (Å²) in [5.41, 5.74) is 1.49. The molecule has 5 nitrogen and oxygen atoms in total. The van der Waals surface area contributed by atoms with Crippen molar-refractivity contribution in [3.05, 3.63) is 34.1 Å². The summed E-state index contributed by atoms with van der Waals surface area (Å²) < 4.78 is 10.8. The van der Waals surface area contributed by atoms with Crippen LogP contribution in [0.25, 0.3) is 0 Å². The molecule has 6 heteroatoms. The highest BCUT2D eigenvalue weighted by Crippen LogP contribution is 2.59. The highest BCUT2D eigenvalue weighted by atomic mass is 35.5. The van der Waals surface area contributed by atoms with E-state index in [1.54, 1.807) is 13.2 Å². The third-order valence-corrected chi connectivity index (χ3v) is 6.78. The normalized spacial score (nSPS) is 34.0. The predicted molar refractivity (Wildman–Crippen MR) is 95.3 cm³/mol. The van der Waals surface area contributed by atoms with Gasteiger partial charge in [-0.25, -0.2) is 0 Å². The Morgan fingerprint density at radius 2 is 2.08 bits per heavy atom. The van der Waals surface area contributed by atoms with Crippen LogP contribution >= 0.6 is 11.6 Å². The molecule has 4 rings (SSSR count). The van der Waals surface area contributed by atoms with Crippen molar-refractivity contribution >= 4 is 11.6 Å². The van der Waals surface area contributed by atoms with Crippen molar-refractivity contribution in [3.8, 4) is 11.5 Å². The maximum Gasteiger partial charge on any atom is 0.162 e. The van der Waals surface area contributed by atoms with Gasteiger partial charge in [-0.05, 0) is 44.5 Å². The summed E-state index contributed by atoms with van der Waals surface area (Å²) in [6, 6.07) is 1.96. The van der Waals surface area contributed by atoms with E-state index < -0.39 is 6.10 Å². The first-order valence-corrected chi connectivity index (χ1v) is 9.03. The molecule has 0 amide bonds.